The van der Waals surface area contributed by atoms with E-state index in [1.165, 1.54) is 0 Å². The lowest BCUT2D eigenvalue weighted by molar-refractivity contribution is 0.0866. The summed E-state index contributed by atoms with van der Waals surface area (Å²) in [6, 6.07) is 1.80. The van der Waals surface area contributed by atoms with Crippen LogP contribution in [0.25, 0.3) is 0 Å². The van der Waals surface area contributed by atoms with E-state index in [2.05, 4.69) is 31.0 Å². The lowest BCUT2D eigenvalue weighted by Gasteiger charge is -2.23. The molecule has 0 amide bonds. The number of rotatable bonds is 5. The fourth-order valence-electron chi connectivity index (χ4n) is 1.56. The van der Waals surface area contributed by atoms with Crippen molar-refractivity contribution in [2.24, 2.45) is 0 Å². The van der Waals surface area contributed by atoms with Gasteiger partial charge in [-0.3, -0.25) is 10.00 Å². The molecular formula is C12H23N3O2. The molecule has 5 heteroatoms. The SMILES string of the molecule is CN(Cc1cc(C(C)(C)C)n[nH]1)C(CO)CO. The summed E-state index contributed by atoms with van der Waals surface area (Å²) in [7, 11) is 1.87. The average Bonchev–Trinajstić information content (AvgIpc) is 2.67. The van der Waals surface area contributed by atoms with E-state index in [-0.39, 0.29) is 24.7 Å². The number of hydrogen-bond acceptors (Lipinski definition) is 4. The first kappa shape index (κ1) is 14.2. The Morgan fingerprint density at radius 1 is 1.35 bits per heavy atom. The summed E-state index contributed by atoms with van der Waals surface area (Å²) in [5.41, 5.74) is 2.04. The van der Waals surface area contributed by atoms with Crippen LogP contribution in [0.5, 0.6) is 0 Å². The molecule has 3 N–H and O–H groups in total. The highest BCUT2D eigenvalue weighted by Crippen LogP contribution is 2.20. The number of hydrogen-bond donors (Lipinski definition) is 3. The van der Waals surface area contributed by atoms with E-state index in [4.69, 9.17) is 10.2 Å². The van der Waals surface area contributed by atoms with Crippen molar-refractivity contribution >= 4 is 0 Å². The highest BCUT2D eigenvalue weighted by Gasteiger charge is 2.19. The number of nitrogens with zero attached hydrogens (tertiary/aromatic N) is 2. The van der Waals surface area contributed by atoms with Gasteiger partial charge in [0.15, 0.2) is 0 Å². The van der Waals surface area contributed by atoms with Crippen LogP contribution in [0.3, 0.4) is 0 Å². The summed E-state index contributed by atoms with van der Waals surface area (Å²) in [6.45, 7) is 6.87. The molecule has 98 valence electrons. The normalized spacial score (nSPS) is 12.7. The quantitative estimate of drug-likeness (QED) is 0.701. The van der Waals surface area contributed by atoms with Crippen molar-refractivity contribution in [2.75, 3.05) is 20.3 Å². The Balaban J connectivity index is 2.66. The second kappa shape index (κ2) is 5.62. The Hall–Kier alpha value is -0.910. The third kappa shape index (κ3) is 3.80. The minimum atomic E-state index is -0.226. The van der Waals surface area contributed by atoms with Crippen molar-refractivity contribution in [3.05, 3.63) is 17.5 Å². The van der Waals surface area contributed by atoms with Gasteiger partial charge >= 0.3 is 0 Å². The van der Waals surface area contributed by atoms with Crippen molar-refractivity contribution in [3.63, 3.8) is 0 Å². The summed E-state index contributed by atoms with van der Waals surface area (Å²) in [5, 5.41) is 25.4. The maximum absolute atomic E-state index is 9.08. The van der Waals surface area contributed by atoms with Gasteiger partial charge in [-0.25, -0.2) is 0 Å². The molecule has 1 rings (SSSR count). The van der Waals surface area contributed by atoms with Crippen molar-refractivity contribution in [2.45, 2.75) is 38.8 Å². The molecule has 5 nitrogen and oxygen atoms in total. The smallest absolute Gasteiger partial charge is 0.0678 e. The molecule has 1 heterocycles. The first-order chi connectivity index (χ1) is 7.88. The molecule has 0 fully saturated rings. The molecule has 0 saturated carbocycles. The van der Waals surface area contributed by atoms with Gasteiger partial charge in [0.25, 0.3) is 0 Å². The number of aromatic nitrogens is 2. The number of likely N-dealkylation sites (N-methyl/N-ethyl adjacent to an activating group) is 1. The fourth-order valence-corrected chi connectivity index (χ4v) is 1.56. The standard InChI is InChI=1S/C12H23N3O2/c1-12(2,3)11-5-9(13-14-11)6-15(4)10(7-16)8-17/h5,10,16-17H,6-8H2,1-4H3,(H,13,14). The molecule has 0 unspecified atom stereocenters. The average molecular weight is 241 g/mol. The Morgan fingerprint density at radius 2 is 1.94 bits per heavy atom. The number of nitrogens with one attached hydrogen (secondary N) is 1. The number of aromatic amines is 1. The molecule has 0 bridgehead atoms. The molecule has 0 saturated heterocycles. The highest BCUT2D eigenvalue weighted by molar-refractivity contribution is 5.16. The van der Waals surface area contributed by atoms with Crippen LogP contribution in [-0.4, -0.2) is 51.6 Å². The number of H-pyrrole nitrogens is 1. The van der Waals surface area contributed by atoms with Gasteiger partial charge in [-0.05, 0) is 13.1 Å². The zero-order valence-corrected chi connectivity index (χ0v) is 11.1. The Labute approximate surface area is 102 Å². The van der Waals surface area contributed by atoms with Crippen molar-refractivity contribution in [3.8, 4) is 0 Å². The molecule has 0 aliphatic heterocycles. The summed E-state index contributed by atoms with van der Waals surface area (Å²) < 4.78 is 0. The van der Waals surface area contributed by atoms with Gasteiger partial charge in [-0.1, -0.05) is 20.8 Å². The Kier molecular flexibility index (Phi) is 4.68. The summed E-state index contributed by atoms with van der Waals surface area (Å²) in [5.74, 6) is 0. The van der Waals surface area contributed by atoms with E-state index in [1.807, 2.05) is 18.0 Å². The van der Waals surface area contributed by atoms with Crippen LogP contribution < -0.4 is 0 Å². The van der Waals surface area contributed by atoms with Crippen LogP contribution in [0.1, 0.15) is 32.2 Å². The van der Waals surface area contributed by atoms with E-state index in [1.54, 1.807) is 0 Å². The molecule has 0 atom stereocenters. The van der Waals surface area contributed by atoms with Gasteiger partial charge in [0.05, 0.1) is 24.9 Å². The second-order valence-electron chi connectivity index (χ2n) is 5.46. The number of aliphatic hydroxyl groups is 2. The summed E-state index contributed by atoms with van der Waals surface area (Å²) in [4.78, 5) is 1.90. The van der Waals surface area contributed by atoms with E-state index >= 15 is 0 Å². The van der Waals surface area contributed by atoms with E-state index in [0.29, 0.717) is 6.54 Å². The highest BCUT2D eigenvalue weighted by atomic mass is 16.3. The van der Waals surface area contributed by atoms with Crippen molar-refractivity contribution in [1.82, 2.24) is 15.1 Å². The molecule has 0 aliphatic carbocycles. The summed E-state index contributed by atoms with van der Waals surface area (Å²) in [6.07, 6.45) is 0. The zero-order chi connectivity index (χ0) is 13.1. The van der Waals surface area contributed by atoms with Gasteiger partial charge < -0.3 is 10.2 Å². The van der Waals surface area contributed by atoms with Crippen LogP contribution in [0, 0.1) is 0 Å². The molecule has 0 aliphatic rings. The van der Waals surface area contributed by atoms with E-state index in [9.17, 15) is 0 Å². The van der Waals surface area contributed by atoms with Gasteiger partial charge in [0.1, 0.15) is 0 Å². The topological polar surface area (TPSA) is 72.4 Å². The molecule has 0 aromatic carbocycles. The zero-order valence-electron chi connectivity index (χ0n) is 11.1. The fraction of sp³-hybridized carbons (Fsp3) is 0.750. The van der Waals surface area contributed by atoms with E-state index in [0.717, 1.165) is 11.4 Å². The third-order valence-corrected chi connectivity index (χ3v) is 2.86. The summed E-state index contributed by atoms with van der Waals surface area (Å²) >= 11 is 0. The first-order valence-corrected chi connectivity index (χ1v) is 5.85. The maximum Gasteiger partial charge on any atom is 0.0678 e. The lowest BCUT2D eigenvalue weighted by Crippen LogP contribution is -2.37. The van der Waals surface area contributed by atoms with Crippen LogP contribution in [0.2, 0.25) is 0 Å². The number of aliphatic hydroxyl groups excluding tert-OH is 2. The Bertz CT molecular complexity index is 340. The van der Waals surface area contributed by atoms with Gasteiger partial charge in [0.2, 0.25) is 0 Å². The molecule has 17 heavy (non-hydrogen) atoms. The maximum atomic E-state index is 9.08. The van der Waals surface area contributed by atoms with Crippen LogP contribution >= 0.6 is 0 Å². The molecule has 1 aromatic rings. The minimum Gasteiger partial charge on any atom is -0.395 e. The predicted octanol–water partition coefficient (Wildman–Crippen LogP) is 0.492. The molecule has 0 spiro atoms. The van der Waals surface area contributed by atoms with Crippen LogP contribution in [-0.2, 0) is 12.0 Å². The van der Waals surface area contributed by atoms with Gasteiger partial charge in [0, 0.05) is 17.7 Å². The van der Waals surface area contributed by atoms with Crippen LogP contribution in [0.4, 0.5) is 0 Å². The van der Waals surface area contributed by atoms with E-state index < -0.39 is 0 Å². The Morgan fingerprint density at radius 3 is 2.35 bits per heavy atom. The van der Waals surface area contributed by atoms with Crippen LogP contribution in [0.15, 0.2) is 6.07 Å². The molecule has 0 radical (unpaired) electrons. The van der Waals surface area contributed by atoms with Gasteiger partial charge in [-0.15, -0.1) is 0 Å². The third-order valence-electron chi connectivity index (χ3n) is 2.86. The lowest BCUT2D eigenvalue weighted by atomic mass is 9.92. The molecule has 1 aromatic heterocycles. The monoisotopic (exact) mass is 241 g/mol. The largest absolute Gasteiger partial charge is 0.395 e. The van der Waals surface area contributed by atoms with Gasteiger partial charge in [-0.2, -0.15) is 5.10 Å². The minimum absolute atomic E-state index is 0.0285. The first-order valence-electron chi connectivity index (χ1n) is 5.85. The molecular weight excluding hydrogens is 218 g/mol. The van der Waals surface area contributed by atoms with Crippen molar-refractivity contribution < 1.29 is 10.2 Å². The predicted molar refractivity (Wildman–Crippen MR) is 66.7 cm³/mol. The van der Waals surface area contributed by atoms with Crippen molar-refractivity contribution in [1.29, 1.82) is 0 Å². The second-order valence-corrected chi connectivity index (χ2v) is 5.46.